The fraction of sp³-hybridized carbons (Fsp3) is 0.143. The highest BCUT2D eigenvalue weighted by molar-refractivity contribution is 7.84. The number of rotatable bonds is 6. The van der Waals surface area contributed by atoms with Crippen LogP contribution in [0.2, 0.25) is 0 Å². The quantitative estimate of drug-likeness (QED) is 0.0727. The molecular weight excluding hydrogens is 757 g/mol. The molecule has 3 N–H and O–H groups in total. The second-order valence-electron chi connectivity index (χ2n) is 13.9. The van der Waals surface area contributed by atoms with Gasteiger partial charge in [-0.15, -0.1) is 37.9 Å². The van der Waals surface area contributed by atoms with E-state index in [4.69, 9.17) is 42.5 Å². The number of aromatic nitrogens is 9. The van der Waals surface area contributed by atoms with Gasteiger partial charge in [-0.25, -0.2) is 29.9 Å². The van der Waals surface area contributed by atoms with Crippen molar-refractivity contribution >= 4 is 77.2 Å². The van der Waals surface area contributed by atoms with Crippen molar-refractivity contribution in [2.45, 2.75) is 41.9 Å². The predicted molar refractivity (Wildman–Crippen MR) is 227 cm³/mol. The average Bonchev–Trinajstić information content (AvgIpc) is 3.92. The number of aryl methyl sites for hydroxylation is 1. The standard InChI is InChI=1S/C42H32N10OS3/c53-42(44-16-2-1-5-21-6-4-15-43-20-21)29-8-3-7-28-33(29)41-51-36-27-14-11-24(56)19-32(27)40(49-36)50-39-31-18-23(55)10-13-26(31)35(48-39)47-38-30-17-22(54)9-12-25(30)34(46-38)45-37(28)52-41/h3-4,6-11,13-15,18-20,54-56H,1-2,5,12,16-17H2,(H,44,53)(H2,45,46,47,48,49,50,51,52). The fourth-order valence-corrected chi connectivity index (χ4v) is 8.21. The minimum atomic E-state index is -0.205. The highest BCUT2D eigenvalue weighted by Crippen LogP contribution is 2.39. The SMILES string of the molecule is O=C(NCCCCc1cccnc1)c1cccc2c1-c1nc-2nc2[nH]c(nc3nc(nc4[nH]c(n1)c1ccc(S)cc41)-c1cc(S)ccc1-3)c1c2CC=C(S)C1. The van der Waals surface area contributed by atoms with Crippen LogP contribution in [0, 0.1) is 0 Å². The van der Waals surface area contributed by atoms with Gasteiger partial charge in [-0.05, 0) is 84.7 Å². The molecule has 3 aromatic carbocycles. The van der Waals surface area contributed by atoms with Gasteiger partial charge in [-0.2, -0.15) is 0 Å². The van der Waals surface area contributed by atoms with E-state index in [2.05, 4.69) is 57.7 Å². The summed E-state index contributed by atoms with van der Waals surface area (Å²) in [7, 11) is 0. The molecule has 274 valence electrons. The summed E-state index contributed by atoms with van der Waals surface area (Å²) in [4.78, 5) is 58.1. The molecule has 6 heterocycles. The Hall–Kier alpha value is -5.83. The first kappa shape index (κ1) is 34.6. The van der Waals surface area contributed by atoms with Gasteiger partial charge in [0.1, 0.15) is 22.6 Å². The van der Waals surface area contributed by atoms with Gasteiger partial charge in [0.15, 0.2) is 23.3 Å². The Morgan fingerprint density at radius 3 is 2.29 bits per heavy atom. The van der Waals surface area contributed by atoms with Crippen molar-refractivity contribution in [1.29, 1.82) is 0 Å². The Labute approximate surface area is 336 Å². The average molecular weight is 789 g/mol. The van der Waals surface area contributed by atoms with Crippen molar-refractivity contribution in [1.82, 2.24) is 50.2 Å². The summed E-state index contributed by atoms with van der Waals surface area (Å²) in [5.74, 6) is 1.60. The lowest BCUT2D eigenvalue weighted by molar-refractivity contribution is 0.0953. The number of unbranched alkanes of at least 4 members (excludes halogenated alkanes) is 1. The van der Waals surface area contributed by atoms with Crippen LogP contribution < -0.4 is 5.32 Å². The summed E-state index contributed by atoms with van der Waals surface area (Å²) in [6.45, 7) is 0.522. The molecule has 0 atom stereocenters. The third-order valence-corrected chi connectivity index (χ3v) is 11.2. The number of allylic oxidation sites excluding steroid dienone is 2. The monoisotopic (exact) mass is 788 g/mol. The first-order chi connectivity index (χ1) is 27.4. The maximum atomic E-state index is 14.0. The minimum absolute atomic E-state index is 0.205. The van der Waals surface area contributed by atoms with E-state index in [0.717, 1.165) is 67.0 Å². The van der Waals surface area contributed by atoms with Gasteiger partial charge in [0.25, 0.3) is 5.91 Å². The lowest BCUT2D eigenvalue weighted by Crippen LogP contribution is -2.25. The number of thiol groups is 3. The molecule has 0 radical (unpaired) electrons. The lowest BCUT2D eigenvalue weighted by Gasteiger charge is -2.09. The second kappa shape index (κ2) is 14.0. The molecule has 0 spiro atoms. The van der Waals surface area contributed by atoms with E-state index < -0.39 is 0 Å². The van der Waals surface area contributed by atoms with Crippen LogP contribution in [0.5, 0.6) is 0 Å². The molecule has 14 heteroatoms. The van der Waals surface area contributed by atoms with Gasteiger partial charge in [-0.3, -0.25) is 9.78 Å². The van der Waals surface area contributed by atoms with Crippen LogP contribution in [0.25, 0.3) is 78.9 Å². The highest BCUT2D eigenvalue weighted by Gasteiger charge is 2.27. The number of hydrogen-bond acceptors (Lipinski definition) is 11. The third-order valence-electron chi connectivity index (χ3n) is 10.3. The second-order valence-corrected chi connectivity index (χ2v) is 15.5. The number of H-pyrrole nitrogens is 2. The summed E-state index contributed by atoms with van der Waals surface area (Å²) in [6, 6.07) is 21.3. The molecule has 10 rings (SSSR count). The molecule has 4 aromatic heterocycles. The Morgan fingerprint density at radius 2 is 1.41 bits per heavy atom. The normalized spacial score (nSPS) is 12.9. The fourth-order valence-electron chi connectivity index (χ4n) is 7.56. The van der Waals surface area contributed by atoms with Gasteiger partial charge in [0, 0.05) is 79.3 Å². The maximum absolute atomic E-state index is 14.0. The number of carbonyl (C=O) groups excluding carboxylic acids is 1. The number of hydrogen-bond donors (Lipinski definition) is 6. The van der Waals surface area contributed by atoms with Crippen molar-refractivity contribution in [3.05, 3.63) is 112 Å². The maximum Gasteiger partial charge on any atom is 0.252 e. The van der Waals surface area contributed by atoms with Crippen LogP contribution >= 0.6 is 37.9 Å². The summed E-state index contributed by atoms with van der Waals surface area (Å²) < 4.78 is 0. The van der Waals surface area contributed by atoms with Gasteiger partial charge in [0.2, 0.25) is 0 Å². The van der Waals surface area contributed by atoms with Crippen LogP contribution in [0.4, 0.5) is 0 Å². The van der Waals surface area contributed by atoms with Gasteiger partial charge >= 0.3 is 0 Å². The summed E-state index contributed by atoms with van der Waals surface area (Å²) in [5.41, 5.74) is 8.94. The number of carbonyl (C=O) groups is 1. The first-order valence-electron chi connectivity index (χ1n) is 18.3. The summed E-state index contributed by atoms with van der Waals surface area (Å²) in [6.07, 6.45) is 9.58. The molecule has 1 aliphatic carbocycles. The van der Waals surface area contributed by atoms with Crippen LogP contribution in [-0.2, 0) is 19.3 Å². The molecule has 2 aliphatic heterocycles. The number of fused-ring (bicyclic) bond motifs is 20. The van der Waals surface area contributed by atoms with Crippen molar-refractivity contribution in [2.24, 2.45) is 0 Å². The molecule has 0 fully saturated rings. The Kier molecular flexibility index (Phi) is 8.68. The van der Waals surface area contributed by atoms with Crippen molar-refractivity contribution in [3.63, 3.8) is 0 Å². The molecule has 0 saturated carbocycles. The van der Waals surface area contributed by atoms with E-state index in [-0.39, 0.29) is 5.91 Å². The van der Waals surface area contributed by atoms with Gasteiger partial charge in [0.05, 0.1) is 5.56 Å². The smallest absolute Gasteiger partial charge is 0.252 e. The van der Waals surface area contributed by atoms with E-state index in [1.165, 1.54) is 5.56 Å². The molecule has 11 nitrogen and oxygen atoms in total. The summed E-state index contributed by atoms with van der Waals surface area (Å²) in [5, 5.41) is 4.75. The van der Waals surface area contributed by atoms with Crippen LogP contribution in [0.1, 0.15) is 39.9 Å². The van der Waals surface area contributed by atoms with Crippen molar-refractivity contribution in [3.8, 4) is 45.6 Å². The van der Waals surface area contributed by atoms with E-state index in [9.17, 15) is 4.79 Å². The van der Waals surface area contributed by atoms with E-state index in [1.54, 1.807) is 6.20 Å². The zero-order chi connectivity index (χ0) is 37.9. The topological polar surface area (TPSA) is 151 Å². The predicted octanol–water partition coefficient (Wildman–Crippen LogP) is 8.35. The molecule has 8 bridgehead atoms. The van der Waals surface area contributed by atoms with Gasteiger partial charge in [-0.1, -0.05) is 24.3 Å². The summed E-state index contributed by atoms with van der Waals surface area (Å²) >= 11 is 14.0. The molecule has 0 saturated heterocycles. The zero-order valence-electron chi connectivity index (χ0n) is 29.7. The lowest BCUT2D eigenvalue weighted by atomic mass is 10.00. The molecule has 56 heavy (non-hydrogen) atoms. The van der Waals surface area contributed by atoms with E-state index in [1.807, 2.05) is 66.9 Å². The van der Waals surface area contributed by atoms with Crippen molar-refractivity contribution < 1.29 is 4.79 Å². The first-order valence-corrected chi connectivity index (χ1v) is 19.6. The number of amides is 1. The van der Waals surface area contributed by atoms with E-state index in [0.29, 0.717) is 82.0 Å². The number of nitrogens with zero attached hydrogens (tertiary/aromatic N) is 7. The number of aromatic amines is 2. The van der Waals surface area contributed by atoms with Crippen LogP contribution in [0.15, 0.2) is 99.9 Å². The van der Waals surface area contributed by atoms with Gasteiger partial charge < -0.3 is 15.3 Å². The molecular formula is C42H32N10OS3. The Morgan fingerprint density at radius 1 is 0.679 bits per heavy atom. The highest BCUT2D eigenvalue weighted by atomic mass is 32.1. The number of pyridine rings is 1. The molecule has 1 amide bonds. The Balaban J connectivity index is 1.18. The molecule has 0 unspecified atom stereocenters. The Bertz CT molecular complexity index is 2980. The largest absolute Gasteiger partial charge is 0.352 e. The number of nitrogens with one attached hydrogen (secondary N) is 3. The van der Waals surface area contributed by atoms with Crippen LogP contribution in [0.3, 0.4) is 0 Å². The van der Waals surface area contributed by atoms with Crippen LogP contribution in [-0.4, -0.2) is 57.3 Å². The zero-order valence-corrected chi connectivity index (χ0v) is 32.4. The molecule has 3 aliphatic rings. The number of benzene rings is 3. The van der Waals surface area contributed by atoms with Crippen molar-refractivity contribution in [2.75, 3.05) is 6.54 Å². The molecule has 7 aromatic rings. The van der Waals surface area contributed by atoms with E-state index >= 15 is 0 Å². The third kappa shape index (κ3) is 6.23. The minimum Gasteiger partial charge on any atom is -0.352 e.